The zero-order chi connectivity index (χ0) is 28.1. The minimum absolute atomic E-state index is 0.143. The molecule has 2 aliphatic rings. The van der Waals surface area contributed by atoms with Crippen molar-refractivity contribution in [1.82, 2.24) is 20.4 Å². The summed E-state index contributed by atoms with van der Waals surface area (Å²) in [5, 5.41) is 34.7. The van der Waals surface area contributed by atoms with Crippen LogP contribution in [0.5, 0.6) is 0 Å². The van der Waals surface area contributed by atoms with Crippen LogP contribution in [-0.2, 0) is 11.2 Å². The fourth-order valence-electron chi connectivity index (χ4n) is 5.02. The van der Waals surface area contributed by atoms with Crippen LogP contribution in [0, 0.1) is 17.2 Å². The normalized spacial score (nSPS) is 21.2. The van der Waals surface area contributed by atoms with Gasteiger partial charge in [-0.15, -0.1) is 0 Å². The molecule has 1 aromatic rings. The second-order valence-electron chi connectivity index (χ2n) is 10.6. The van der Waals surface area contributed by atoms with Crippen LogP contribution in [0.1, 0.15) is 38.7 Å². The number of alkyl halides is 2. The van der Waals surface area contributed by atoms with E-state index < -0.39 is 55.0 Å². The van der Waals surface area contributed by atoms with Gasteiger partial charge in [-0.2, -0.15) is 5.26 Å². The smallest absolute Gasteiger partial charge is 0.426 e. The number of amides is 3. The fourth-order valence-corrected chi connectivity index (χ4v) is 5.02. The predicted molar refractivity (Wildman–Crippen MR) is 139 cm³/mol. The van der Waals surface area contributed by atoms with Crippen molar-refractivity contribution in [3.05, 3.63) is 48.0 Å². The lowest BCUT2D eigenvalue weighted by molar-refractivity contribution is -0.134. The van der Waals surface area contributed by atoms with E-state index in [1.165, 1.54) is 4.90 Å². The Morgan fingerprint density at radius 2 is 1.97 bits per heavy atom. The molecule has 2 saturated heterocycles. The van der Waals surface area contributed by atoms with Gasteiger partial charge in [0.15, 0.2) is 0 Å². The number of benzene rings is 1. The lowest BCUT2D eigenvalue weighted by atomic mass is 9.76. The zero-order valence-corrected chi connectivity index (χ0v) is 21.9. The second-order valence-corrected chi connectivity index (χ2v) is 10.6. The number of carbonyl (C=O) groups is 2. The summed E-state index contributed by atoms with van der Waals surface area (Å²) in [5.41, 5.74) is 0.0993. The summed E-state index contributed by atoms with van der Waals surface area (Å²) in [6, 6.07) is 10.1. The van der Waals surface area contributed by atoms with Crippen molar-refractivity contribution in [2.75, 3.05) is 26.2 Å². The van der Waals surface area contributed by atoms with Crippen LogP contribution in [0.15, 0.2) is 42.5 Å². The molecule has 12 heteroatoms. The van der Waals surface area contributed by atoms with Gasteiger partial charge < -0.3 is 25.6 Å². The molecule has 0 radical (unpaired) electrons. The molecule has 0 aliphatic carbocycles. The van der Waals surface area contributed by atoms with Crippen molar-refractivity contribution in [2.24, 2.45) is 5.92 Å². The summed E-state index contributed by atoms with van der Waals surface area (Å²) < 4.78 is 27.6. The standard InChI is InChI=1S/C26H36BF2N5O4/c1-18(25(2,3)34-13-11-26(28,29)17-34)21(15-30)23(35)33-12-7-10-20(16-33)31-24(36)32-22(27(37)38)14-19-8-5-4-6-9-19/h4-6,8-9,20-22,37-38H,1,7,10-14,16-17H2,2-3H3,(H2,31,32,36)/t20-,21?,22-/m0/s1. The summed E-state index contributed by atoms with van der Waals surface area (Å²) in [7, 11) is -1.77. The maximum absolute atomic E-state index is 13.8. The molecule has 1 unspecified atom stereocenters. The number of carbonyl (C=O) groups excluding carboxylic acids is 2. The van der Waals surface area contributed by atoms with E-state index in [1.54, 1.807) is 18.7 Å². The molecule has 0 saturated carbocycles. The minimum Gasteiger partial charge on any atom is -0.426 e. The Bertz CT molecular complexity index is 1050. The Hall–Kier alpha value is -3.01. The molecule has 0 spiro atoms. The first-order chi connectivity index (χ1) is 17.8. The first-order valence-corrected chi connectivity index (χ1v) is 12.8. The summed E-state index contributed by atoms with van der Waals surface area (Å²) in [6.07, 6.45) is 1.11. The number of piperidine rings is 1. The SMILES string of the molecule is C=C(C(C#N)C(=O)N1CCC[C@H](NC(=O)N[C@@H](Cc2ccccc2)B(O)O)C1)C(C)(C)N1CCC(F)(F)C1. The van der Waals surface area contributed by atoms with Crippen molar-refractivity contribution in [1.29, 1.82) is 5.26 Å². The number of nitriles is 1. The van der Waals surface area contributed by atoms with E-state index in [4.69, 9.17) is 0 Å². The van der Waals surface area contributed by atoms with Crippen LogP contribution in [0.4, 0.5) is 13.6 Å². The average Bonchev–Trinajstić information content (AvgIpc) is 3.25. The highest BCUT2D eigenvalue weighted by Crippen LogP contribution is 2.37. The summed E-state index contributed by atoms with van der Waals surface area (Å²) in [4.78, 5) is 29.0. The third kappa shape index (κ3) is 7.31. The van der Waals surface area contributed by atoms with E-state index in [1.807, 2.05) is 36.4 Å². The maximum atomic E-state index is 13.8. The van der Waals surface area contributed by atoms with E-state index >= 15 is 0 Å². The number of likely N-dealkylation sites (tertiary alicyclic amines) is 2. The van der Waals surface area contributed by atoms with Gasteiger partial charge >= 0.3 is 13.1 Å². The molecular weight excluding hydrogens is 495 g/mol. The van der Waals surface area contributed by atoms with Crippen LogP contribution in [0.25, 0.3) is 0 Å². The molecule has 2 heterocycles. The van der Waals surface area contributed by atoms with Gasteiger partial charge in [0.05, 0.1) is 18.6 Å². The predicted octanol–water partition coefficient (Wildman–Crippen LogP) is 1.72. The topological polar surface area (TPSA) is 129 Å². The van der Waals surface area contributed by atoms with Gasteiger partial charge in [0, 0.05) is 37.6 Å². The summed E-state index contributed by atoms with van der Waals surface area (Å²) in [6.45, 7) is 7.60. The number of nitrogens with one attached hydrogen (secondary N) is 2. The lowest BCUT2D eigenvalue weighted by Gasteiger charge is -2.40. The molecule has 4 N–H and O–H groups in total. The van der Waals surface area contributed by atoms with Gasteiger partial charge in [0.2, 0.25) is 5.91 Å². The molecule has 2 aliphatic heterocycles. The second kappa shape index (κ2) is 12.2. The maximum Gasteiger partial charge on any atom is 0.475 e. The Balaban J connectivity index is 1.59. The average molecular weight is 531 g/mol. The first kappa shape index (κ1) is 29.5. The number of urea groups is 1. The van der Waals surface area contributed by atoms with E-state index in [-0.39, 0.29) is 31.5 Å². The monoisotopic (exact) mass is 531 g/mol. The van der Waals surface area contributed by atoms with Gasteiger partial charge in [0.25, 0.3) is 5.92 Å². The van der Waals surface area contributed by atoms with Crippen molar-refractivity contribution in [3.8, 4) is 6.07 Å². The molecule has 1 aromatic carbocycles. The molecule has 0 bridgehead atoms. The first-order valence-electron chi connectivity index (χ1n) is 12.8. The molecular formula is C26H36BF2N5O4. The van der Waals surface area contributed by atoms with E-state index in [0.717, 1.165) is 5.56 Å². The lowest BCUT2D eigenvalue weighted by Crippen LogP contribution is -2.57. The van der Waals surface area contributed by atoms with E-state index in [2.05, 4.69) is 17.2 Å². The van der Waals surface area contributed by atoms with Crippen LogP contribution in [0.3, 0.4) is 0 Å². The number of rotatable bonds is 9. The highest BCUT2D eigenvalue weighted by atomic mass is 19.3. The minimum atomic E-state index is -2.82. The highest BCUT2D eigenvalue weighted by Gasteiger charge is 2.47. The van der Waals surface area contributed by atoms with Crippen molar-refractivity contribution < 1.29 is 28.4 Å². The molecule has 0 aromatic heterocycles. The number of hydrogen-bond acceptors (Lipinski definition) is 6. The highest BCUT2D eigenvalue weighted by molar-refractivity contribution is 6.43. The molecule has 206 valence electrons. The molecule has 3 rings (SSSR count). The Morgan fingerprint density at radius 1 is 1.29 bits per heavy atom. The van der Waals surface area contributed by atoms with Crippen molar-refractivity contribution >= 4 is 19.1 Å². The van der Waals surface area contributed by atoms with Crippen molar-refractivity contribution in [2.45, 2.75) is 63.0 Å². The van der Waals surface area contributed by atoms with Gasteiger partial charge in [-0.05, 0) is 44.2 Å². The van der Waals surface area contributed by atoms with Gasteiger partial charge in [0.1, 0.15) is 5.92 Å². The molecule has 38 heavy (non-hydrogen) atoms. The third-order valence-corrected chi connectivity index (χ3v) is 7.51. The van der Waals surface area contributed by atoms with Crippen molar-refractivity contribution in [3.63, 3.8) is 0 Å². The zero-order valence-electron chi connectivity index (χ0n) is 21.9. The van der Waals surface area contributed by atoms with Crippen LogP contribution in [-0.4, -0.2) is 88.5 Å². The van der Waals surface area contributed by atoms with E-state index in [9.17, 15) is 33.7 Å². The number of nitrogens with zero attached hydrogens (tertiary/aromatic N) is 3. The summed E-state index contributed by atoms with van der Waals surface area (Å²) in [5.74, 6) is -5.45. The Morgan fingerprint density at radius 3 is 2.55 bits per heavy atom. The summed E-state index contributed by atoms with van der Waals surface area (Å²) >= 11 is 0. The van der Waals surface area contributed by atoms with Gasteiger partial charge in [-0.3, -0.25) is 9.69 Å². The van der Waals surface area contributed by atoms with E-state index in [0.29, 0.717) is 19.4 Å². The van der Waals surface area contributed by atoms with Gasteiger partial charge in [-0.25, -0.2) is 13.6 Å². The third-order valence-electron chi connectivity index (χ3n) is 7.51. The largest absolute Gasteiger partial charge is 0.475 e. The molecule has 9 nitrogen and oxygen atoms in total. The van der Waals surface area contributed by atoms with Crippen LogP contribution < -0.4 is 10.6 Å². The Labute approximate surface area is 222 Å². The van der Waals surface area contributed by atoms with Crippen LogP contribution in [0.2, 0.25) is 0 Å². The molecule has 3 atom stereocenters. The fraction of sp³-hybridized carbons (Fsp3) is 0.577. The number of hydrogen-bond donors (Lipinski definition) is 4. The van der Waals surface area contributed by atoms with Crippen LogP contribution >= 0.6 is 0 Å². The Kier molecular flexibility index (Phi) is 9.52. The quantitative estimate of drug-likeness (QED) is 0.284. The number of halogens is 2. The van der Waals surface area contributed by atoms with Gasteiger partial charge in [-0.1, -0.05) is 36.9 Å². The molecule has 2 fully saturated rings. The molecule has 3 amide bonds.